The Morgan fingerprint density at radius 1 is 1.40 bits per heavy atom. The smallest absolute Gasteiger partial charge is 0.207 e. The first kappa shape index (κ1) is 15.6. The Morgan fingerprint density at radius 2 is 2.15 bits per heavy atom. The van der Waals surface area contributed by atoms with Crippen molar-refractivity contribution in [2.75, 3.05) is 19.0 Å². The summed E-state index contributed by atoms with van der Waals surface area (Å²) in [5.41, 5.74) is 0.705. The molecule has 4 nitrogen and oxygen atoms in total. The third-order valence-corrected chi connectivity index (χ3v) is 4.60. The van der Waals surface area contributed by atoms with Crippen LogP contribution in [0.5, 0.6) is 0 Å². The van der Waals surface area contributed by atoms with Crippen LogP contribution >= 0.6 is 39.1 Å². The molecule has 0 aliphatic heterocycles. The van der Waals surface area contributed by atoms with E-state index in [1.165, 1.54) is 0 Å². The van der Waals surface area contributed by atoms with Gasteiger partial charge >= 0.3 is 0 Å². The zero-order valence-corrected chi connectivity index (χ0v) is 14.1. The van der Waals surface area contributed by atoms with Gasteiger partial charge in [-0.25, -0.2) is 4.98 Å². The standard InChI is InChI=1S/C13H14BrCl2N3O/c1-8(7-20-2)19-6-5-17-13(19)18-10-4-3-9(14)11(15)12(10)16/h3-6,8H,7H2,1-2H3,(H,17,18). The summed E-state index contributed by atoms with van der Waals surface area (Å²) in [6, 6.07) is 3.84. The van der Waals surface area contributed by atoms with Gasteiger partial charge in [-0.1, -0.05) is 23.2 Å². The van der Waals surface area contributed by atoms with E-state index >= 15 is 0 Å². The SMILES string of the molecule is COCC(C)n1ccnc1Nc1ccc(Br)c(Cl)c1Cl. The number of halogens is 3. The number of imidazole rings is 1. The van der Waals surface area contributed by atoms with Crippen LogP contribution in [0.1, 0.15) is 13.0 Å². The van der Waals surface area contributed by atoms with Crippen molar-refractivity contribution in [3.63, 3.8) is 0 Å². The van der Waals surface area contributed by atoms with Crippen LogP contribution in [0, 0.1) is 0 Å². The minimum absolute atomic E-state index is 0.162. The van der Waals surface area contributed by atoms with Crippen LogP contribution in [-0.4, -0.2) is 23.3 Å². The van der Waals surface area contributed by atoms with Crippen molar-refractivity contribution in [1.29, 1.82) is 0 Å². The molecule has 0 fully saturated rings. The quantitative estimate of drug-likeness (QED) is 0.751. The number of aromatic nitrogens is 2. The van der Waals surface area contributed by atoms with Gasteiger partial charge in [0.1, 0.15) is 0 Å². The molecule has 2 rings (SSSR count). The Morgan fingerprint density at radius 3 is 2.85 bits per heavy atom. The first-order valence-corrected chi connectivity index (χ1v) is 7.51. The number of nitrogens with one attached hydrogen (secondary N) is 1. The molecule has 1 unspecified atom stereocenters. The molecule has 0 bridgehead atoms. The summed E-state index contributed by atoms with van der Waals surface area (Å²) < 4.78 is 7.90. The second-order valence-corrected chi connectivity index (χ2v) is 5.92. The highest BCUT2D eigenvalue weighted by molar-refractivity contribution is 9.10. The fraction of sp³-hybridized carbons (Fsp3) is 0.308. The van der Waals surface area contributed by atoms with E-state index in [0.717, 1.165) is 4.47 Å². The summed E-state index contributed by atoms with van der Waals surface area (Å²) >= 11 is 15.7. The second kappa shape index (κ2) is 6.80. The molecule has 0 aliphatic rings. The van der Waals surface area contributed by atoms with Gasteiger partial charge in [-0.3, -0.25) is 0 Å². The van der Waals surface area contributed by atoms with Gasteiger partial charge in [0.15, 0.2) is 0 Å². The molecule has 0 saturated carbocycles. The molecule has 0 aliphatic carbocycles. The first-order chi connectivity index (χ1) is 9.54. The molecule has 0 spiro atoms. The monoisotopic (exact) mass is 377 g/mol. The Bertz CT molecular complexity index is 603. The highest BCUT2D eigenvalue weighted by Gasteiger charge is 2.13. The second-order valence-electron chi connectivity index (χ2n) is 4.31. The van der Waals surface area contributed by atoms with Crippen LogP contribution in [0.4, 0.5) is 11.6 Å². The molecule has 1 N–H and O–H groups in total. The van der Waals surface area contributed by atoms with Gasteiger partial charge in [-0.2, -0.15) is 0 Å². The zero-order chi connectivity index (χ0) is 14.7. The first-order valence-electron chi connectivity index (χ1n) is 5.97. The largest absolute Gasteiger partial charge is 0.383 e. The minimum atomic E-state index is 0.162. The van der Waals surface area contributed by atoms with E-state index in [1.54, 1.807) is 13.3 Å². The Balaban J connectivity index is 2.27. The number of rotatable bonds is 5. The lowest BCUT2D eigenvalue weighted by atomic mass is 10.3. The third-order valence-electron chi connectivity index (χ3n) is 2.83. The molecule has 2 aromatic rings. The Hall–Kier alpha value is -0.750. The van der Waals surface area contributed by atoms with Crippen LogP contribution in [-0.2, 0) is 4.74 Å². The van der Waals surface area contributed by atoms with E-state index in [-0.39, 0.29) is 6.04 Å². The van der Waals surface area contributed by atoms with E-state index < -0.39 is 0 Å². The number of methoxy groups -OCH3 is 1. The average Bonchev–Trinajstić information content (AvgIpc) is 2.88. The number of ether oxygens (including phenoxy) is 1. The lowest BCUT2D eigenvalue weighted by Gasteiger charge is -2.17. The van der Waals surface area contributed by atoms with Crippen molar-refractivity contribution in [2.45, 2.75) is 13.0 Å². The van der Waals surface area contributed by atoms with E-state index in [9.17, 15) is 0 Å². The predicted molar refractivity (Wildman–Crippen MR) is 86.3 cm³/mol. The predicted octanol–water partition coefficient (Wildman–Crippen LogP) is 4.90. The minimum Gasteiger partial charge on any atom is -0.383 e. The van der Waals surface area contributed by atoms with Gasteiger partial charge < -0.3 is 14.6 Å². The Kier molecular flexibility index (Phi) is 5.32. The van der Waals surface area contributed by atoms with Crippen molar-refractivity contribution in [3.8, 4) is 0 Å². The molecule has 0 saturated heterocycles. The lowest BCUT2D eigenvalue weighted by molar-refractivity contribution is 0.163. The number of benzene rings is 1. The van der Waals surface area contributed by atoms with Gasteiger partial charge in [-0.15, -0.1) is 0 Å². The molecule has 1 heterocycles. The van der Waals surface area contributed by atoms with E-state index in [4.69, 9.17) is 27.9 Å². The number of hydrogen-bond donors (Lipinski definition) is 1. The van der Waals surface area contributed by atoms with Crippen LogP contribution < -0.4 is 5.32 Å². The zero-order valence-electron chi connectivity index (χ0n) is 11.0. The van der Waals surface area contributed by atoms with Crippen molar-refractivity contribution < 1.29 is 4.74 Å². The van der Waals surface area contributed by atoms with Crippen LogP contribution in [0.25, 0.3) is 0 Å². The normalized spacial score (nSPS) is 12.4. The molecule has 1 atom stereocenters. The molecule has 1 aromatic carbocycles. The topological polar surface area (TPSA) is 39.1 Å². The van der Waals surface area contributed by atoms with E-state index in [1.807, 2.05) is 29.8 Å². The van der Waals surface area contributed by atoms with Gasteiger partial charge in [0, 0.05) is 24.0 Å². The molecular formula is C13H14BrCl2N3O. The summed E-state index contributed by atoms with van der Waals surface area (Å²) in [4.78, 5) is 4.29. The number of nitrogens with zero attached hydrogens (tertiary/aromatic N) is 2. The van der Waals surface area contributed by atoms with Crippen LogP contribution in [0.15, 0.2) is 29.0 Å². The summed E-state index contributed by atoms with van der Waals surface area (Å²) in [7, 11) is 1.67. The maximum absolute atomic E-state index is 6.22. The van der Waals surface area contributed by atoms with Gasteiger partial charge in [0.2, 0.25) is 5.95 Å². The molecular weight excluding hydrogens is 365 g/mol. The fourth-order valence-electron chi connectivity index (χ4n) is 1.83. The molecule has 108 valence electrons. The van der Waals surface area contributed by atoms with Crippen molar-refractivity contribution in [2.24, 2.45) is 0 Å². The lowest BCUT2D eigenvalue weighted by Crippen LogP contribution is -2.12. The fourth-order valence-corrected chi connectivity index (χ4v) is 2.65. The van der Waals surface area contributed by atoms with Gasteiger partial charge in [-0.05, 0) is 35.0 Å². The van der Waals surface area contributed by atoms with Gasteiger partial charge in [0.05, 0.1) is 28.4 Å². The highest BCUT2D eigenvalue weighted by atomic mass is 79.9. The summed E-state index contributed by atoms with van der Waals surface area (Å²) in [5.74, 6) is 0.690. The summed E-state index contributed by atoms with van der Waals surface area (Å²) in [6.07, 6.45) is 3.61. The van der Waals surface area contributed by atoms with E-state index in [2.05, 4.69) is 26.2 Å². The molecule has 7 heteroatoms. The molecule has 0 amide bonds. The molecule has 1 aromatic heterocycles. The number of anilines is 2. The highest BCUT2D eigenvalue weighted by Crippen LogP contribution is 2.37. The summed E-state index contributed by atoms with van der Waals surface area (Å²) in [6.45, 7) is 2.65. The maximum atomic E-state index is 6.22. The molecule has 20 heavy (non-hydrogen) atoms. The maximum Gasteiger partial charge on any atom is 0.207 e. The van der Waals surface area contributed by atoms with Gasteiger partial charge in [0.25, 0.3) is 0 Å². The number of hydrogen-bond acceptors (Lipinski definition) is 3. The van der Waals surface area contributed by atoms with Crippen LogP contribution in [0.2, 0.25) is 10.0 Å². The molecule has 0 radical (unpaired) electrons. The van der Waals surface area contributed by atoms with Crippen LogP contribution in [0.3, 0.4) is 0 Å². The summed E-state index contributed by atoms with van der Waals surface area (Å²) in [5, 5.41) is 4.11. The average molecular weight is 379 g/mol. The van der Waals surface area contributed by atoms with Crippen molar-refractivity contribution >= 4 is 50.8 Å². The van der Waals surface area contributed by atoms with Crippen molar-refractivity contribution in [1.82, 2.24) is 9.55 Å². The van der Waals surface area contributed by atoms with Crippen molar-refractivity contribution in [3.05, 3.63) is 39.0 Å². The third kappa shape index (κ3) is 3.28. The Labute approximate surface area is 136 Å². The van der Waals surface area contributed by atoms with E-state index in [0.29, 0.717) is 28.3 Å².